The van der Waals surface area contributed by atoms with Gasteiger partial charge < -0.3 is 20.1 Å². The summed E-state index contributed by atoms with van der Waals surface area (Å²) < 4.78 is 50.1. The number of halogens is 2. The molecule has 0 radical (unpaired) electrons. The molecule has 6 rings (SSSR count). The van der Waals surface area contributed by atoms with E-state index < -0.39 is 15.9 Å². The Morgan fingerprint density at radius 3 is 2.71 bits per heavy atom. The van der Waals surface area contributed by atoms with Gasteiger partial charge in [-0.05, 0) is 76.1 Å². The maximum absolute atomic E-state index is 13.5. The van der Waals surface area contributed by atoms with Gasteiger partial charge in [-0.15, -0.1) is 0 Å². The van der Waals surface area contributed by atoms with Crippen molar-refractivity contribution in [3.05, 3.63) is 125 Å². The molecule has 4 heterocycles. The Labute approximate surface area is 268 Å². The fourth-order valence-electron chi connectivity index (χ4n) is 4.90. The Morgan fingerprint density at radius 2 is 1.96 bits per heavy atom. The van der Waals surface area contributed by atoms with Crippen molar-refractivity contribution in [3.8, 4) is 5.75 Å². The number of hydrogen-bond donors (Lipinski definition) is 2. The quantitative estimate of drug-likeness (QED) is 0.136. The van der Waals surface area contributed by atoms with Crippen LogP contribution >= 0.6 is 15.9 Å². The molecule has 2 aromatic carbocycles. The Hall–Kier alpha value is -4.72. The van der Waals surface area contributed by atoms with Gasteiger partial charge in [0.25, 0.3) is 0 Å². The second-order valence-corrected chi connectivity index (χ2v) is 12.0. The molecule has 0 saturated heterocycles. The molecule has 0 aliphatic carbocycles. The smallest absolute Gasteiger partial charge is 0.220 e. The van der Waals surface area contributed by atoms with E-state index in [4.69, 9.17) is 9.47 Å². The zero-order chi connectivity index (χ0) is 31.2. The fraction of sp³-hybridized carbons (Fsp3) is 0.156. The van der Waals surface area contributed by atoms with E-state index in [1.807, 2.05) is 30.3 Å². The first kappa shape index (κ1) is 30.3. The molecule has 0 fully saturated rings. The number of nitrogens with one attached hydrogen (secondary N) is 2. The van der Waals surface area contributed by atoms with E-state index in [9.17, 15) is 12.8 Å². The number of pyridine rings is 2. The summed E-state index contributed by atoms with van der Waals surface area (Å²) in [6.45, 7) is 0.575. The highest BCUT2D eigenvalue weighted by Gasteiger charge is 2.37. The van der Waals surface area contributed by atoms with Crippen LogP contribution in [0.15, 0.2) is 102 Å². The standard InChI is InChI=1S/C32H26BrFN6O4S/c33-25-14-23(8-9-28(25)43-18-21-5-3-6-22(34)13-21)40-31-24-15-30(37-16-27(24)38-20-39-31)32(10-4-12-44-32)19-35-17-29(45(41)42)26-7-1-2-11-36-26/h1-9,11-16,20,35H,10,17-19H2,(H,38,39,40). The van der Waals surface area contributed by atoms with Gasteiger partial charge in [0.05, 0.1) is 33.8 Å². The largest absolute Gasteiger partial charge is 0.488 e. The summed E-state index contributed by atoms with van der Waals surface area (Å²) in [7, 11) is -2.45. The third-order valence-corrected chi connectivity index (χ3v) is 8.53. The fourth-order valence-corrected chi connectivity index (χ4v) is 5.91. The highest BCUT2D eigenvalue weighted by atomic mass is 79.9. The topological polar surface area (TPSA) is 128 Å². The molecule has 1 unspecified atom stereocenters. The monoisotopic (exact) mass is 688 g/mol. The van der Waals surface area contributed by atoms with Gasteiger partial charge in [0.2, 0.25) is 10.3 Å². The van der Waals surface area contributed by atoms with Crippen molar-refractivity contribution in [1.29, 1.82) is 0 Å². The van der Waals surface area contributed by atoms with E-state index in [0.29, 0.717) is 39.4 Å². The molecule has 0 spiro atoms. The van der Waals surface area contributed by atoms with Crippen LogP contribution in [0.4, 0.5) is 15.9 Å². The van der Waals surface area contributed by atoms with E-state index in [1.54, 1.807) is 49.0 Å². The van der Waals surface area contributed by atoms with Crippen molar-refractivity contribution >= 4 is 53.5 Å². The molecule has 0 amide bonds. The van der Waals surface area contributed by atoms with Crippen LogP contribution in [0.2, 0.25) is 0 Å². The van der Waals surface area contributed by atoms with Gasteiger partial charge in [-0.2, -0.15) is 8.42 Å². The molecular formula is C32H26BrFN6O4S. The highest BCUT2D eigenvalue weighted by molar-refractivity contribution is 9.10. The Morgan fingerprint density at radius 1 is 1.04 bits per heavy atom. The number of rotatable bonds is 11. The lowest BCUT2D eigenvalue weighted by atomic mass is 9.94. The van der Waals surface area contributed by atoms with E-state index in [2.05, 4.69) is 46.5 Å². The van der Waals surface area contributed by atoms with Crippen LogP contribution < -0.4 is 15.4 Å². The first-order valence-corrected chi connectivity index (χ1v) is 15.7. The number of hydrogen-bond acceptors (Lipinski definition) is 10. The zero-order valence-electron chi connectivity index (χ0n) is 23.7. The number of nitrogens with zero attached hydrogens (tertiary/aromatic N) is 4. The summed E-state index contributed by atoms with van der Waals surface area (Å²) in [4.78, 5) is 17.9. The summed E-state index contributed by atoms with van der Waals surface area (Å²) >= 11 is 3.56. The van der Waals surface area contributed by atoms with Crippen LogP contribution in [0.25, 0.3) is 10.9 Å². The van der Waals surface area contributed by atoms with E-state index in [0.717, 1.165) is 16.6 Å². The van der Waals surface area contributed by atoms with E-state index in [1.165, 1.54) is 18.5 Å². The molecule has 45 heavy (non-hydrogen) atoms. The van der Waals surface area contributed by atoms with Crippen LogP contribution in [0.3, 0.4) is 0 Å². The van der Waals surface area contributed by atoms with Crippen molar-refractivity contribution in [3.63, 3.8) is 0 Å². The summed E-state index contributed by atoms with van der Waals surface area (Å²) in [5.74, 6) is 0.854. The van der Waals surface area contributed by atoms with Crippen LogP contribution in [-0.2, 0) is 27.2 Å². The normalized spacial score (nSPS) is 15.5. The molecule has 0 bridgehead atoms. The minimum atomic E-state index is -2.45. The van der Waals surface area contributed by atoms with Crippen molar-refractivity contribution in [1.82, 2.24) is 25.3 Å². The average molecular weight is 690 g/mol. The van der Waals surface area contributed by atoms with Crippen molar-refractivity contribution in [2.45, 2.75) is 18.6 Å². The second-order valence-electron chi connectivity index (χ2n) is 10.2. The highest BCUT2D eigenvalue weighted by Crippen LogP contribution is 2.36. The number of anilines is 2. The van der Waals surface area contributed by atoms with Gasteiger partial charge in [-0.3, -0.25) is 9.97 Å². The number of aromatic nitrogens is 4. The van der Waals surface area contributed by atoms with Gasteiger partial charge in [0.1, 0.15) is 35.2 Å². The average Bonchev–Trinajstić information content (AvgIpc) is 3.53. The predicted octanol–water partition coefficient (Wildman–Crippen LogP) is 5.46. The van der Waals surface area contributed by atoms with Crippen LogP contribution in [0.1, 0.15) is 23.4 Å². The van der Waals surface area contributed by atoms with Gasteiger partial charge in [0, 0.05) is 36.8 Å². The molecule has 5 aromatic rings. The predicted molar refractivity (Wildman–Crippen MR) is 172 cm³/mol. The lowest BCUT2D eigenvalue weighted by Gasteiger charge is -2.29. The van der Waals surface area contributed by atoms with Crippen LogP contribution in [-0.4, -0.2) is 46.3 Å². The minimum absolute atomic E-state index is 0.0680. The third-order valence-electron chi connectivity index (χ3n) is 7.15. The number of benzene rings is 2. The maximum Gasteiger partial charge on any atom is 0.220 e. The van der Waals surface area contributed by atoms with E-state index >= 15 is 0 Å². The molecule has 1 aliphatic rings. The molecule has 0 saturated carbocycles. The van der Waals surface area contributed by atoms with Crippen LogP contribution in [0.5, 0.6) is 5.75 Å². The molecular weight excluding hydrogens is 663 g/mol. The summed E-state index contributed by atoms with van der Waals surface area (Å²) in [6.07, 6.45) is 8.73. The molecule has 1 aliphatic heterocycles. The molecule has 228 valence electrons. The van der Waals surface area contributed by atoms with Crippen molar-refractivity contribution in [2.24, 2.45) is 0 Å². The summed E-state index contributed by atoms with van der Waals surface area (Å²) in [6, 6.07) is 18.8. The second kappa shape index (κ2) is 13.5. The lowest BCUT2D eigenvalue weighted by molar-refractivity contribution is 0.0384. The first-order chi connectivity index (χ1) is 21.9. The Balaban J connectivity index is 1.21. The van der Waals surface area contributed by atoms with Crippen molar-refractivity contribution in [2.75, 3.05) is 18.4 Å². The Kier molecular flexibility index (Phi) is 9.10. The Bertz CT molecular complexity index is 2010. The summed E-state index contributed by atoms with van der Waals surface area (Å²) in [5.41, 5.74) is 2.25. The SMILES string of the molecule is O=S(=O)=C(CNCC1(c2cc3c(Nc4ccc(OCc5cccc(F)c5)c(Br)c4)ncnc3cn2)CC=CO1)c1ccccn1. The number of fused-ring (bicyclic) bond motifs is 1. The van der Waals surface area contributed by atoms with Gasteiger partial charge in [-0.1, -0.05) is 18.2 Å². The van der Waals surface area contributed by atoms with E-state index in [-0.39, 0.29) is 30.4 Å². The maximum atomic E-state index is 13.5. The molecule has 10 nitrogen and oxygen atoms in total. The molecule has 13 heteroatoms. The summed E-state index contributed by atoms with van der Waals surface area (Å²) in [5, 5.41) is 7.30. The van der Waals surface area contributed by atoms with Gasteiger partial charge in [-0.25, -0.2) is 14.4 Å². The zero-order valence-corrected chi connectivity index (χ0v) is 26.1. The van der Waals surface area contributed by atoms with Gasteiger partial charge >= 0.3 is 0 Å². The lowest BCUT2D eigenvalue weighted by Crippen LogP contribution is -2.40. The molecule has 1 atom stereocenters. The minimum Gasteiger partial charge on any atom is -0.488 e. The molecule has 2 N–H and O–H groups in total. The van der Waals surface area contributed by atoms with Crippen molar-refractivity contribution < 1.29 is 22.3 Å². The van der Waals surface area contributed by atoms with Crippen LogP contribution in [0, 0.1) is 5.82 Å². The third kappa shape index (κ3) is 7.00. The first-order valence-electron chi connectivity index (χ1n) is 13.9. The van der Waals surface area contributed by atoms with Gasteiger partial charge in [0.15, 0.2) is 5.60 Å². The molecule has 3 aromatic heterocycles. The number of ether oxygens (including phenoxy) is 2.